The minimum absolute atomic E-state index is 0.308. The maximum absolute atomic E-state index is 13.3. The van der Waals surface area contributed by atoms with E-state index in [-0.39, 0.29) is 0 Å². The van der Waals surface area contributed by atoms with Crippen LogP contribution in [-0.2, 0) is 11.2 Å². The highest BCUT2D eigenvalue weighted by Gasteiger charge is 2.13. The monoisotopic (exact) mass is 279 g/mol. The molecule has 0 aliphatic heterocycles. The Morgan fingerprint density at radius 2 is 2.21 bits per heavy atom. The van der Waals surface area contributed by atoms with E-state index in [1.165, 1.54) is 19.2 Å². The first-order valence-corrected chi connectivity index (χ1v) is 5.95. The number of nitrogens with zero attached hydrogens (tertiary/aromatic N) is 1. The van der Waals surface area contributed by atoms with Gasteiger partial charge in [0.25, 0.3) is 0 Å². The van der Waals surface area contributed by atoms with Crippen molar-refractivity contribution in [2.24, 2.45) is 0 Å². The van der Waals surface area contributed by atoms with Gasteiger partial charge in [-0.25, -0.2) is 9.18 Å². The maximum Gasteiger partial charge on any atom is 0.339 e. The molecule has 1 heterocycles. The molecule has 1 aromatic carbocycles. The van der Waals surface area contributed by atoms with Crippen LogP contribution in [0.3, 0.4) is 0 Å². The van der Waals surface area contributed by atoms with E-state index in [2.05, 4.69) is 9.72 Å². The molecule has 5 heteroatoms. The van der Waals surface area contributed by atoms with E-state index in [4.69, 9.17) is 11.6 Å². The highest BCUT2D eigenvalue weighted by atomic mass is 35.5. The summed E-state index contributed by atoms with van der Waals surface area (Å²) in [7, 11) is 1.30. The Bertz CT molecular complexity index is 596. The fraction of sp³-hybridized carbons (Fsp3) is 0.143. The number of benzene rings is 1. The molecule has 0 aliphatic rings. The lowest BCUT2D eigenvalue weighted by Crippen LogP contribution is -2.07. The predicted molar refractivity (Wildman–Crippen MR) is 69.8 cm³/mol. The van der Waals surface area contributed by atoms with Crippen molar-refractivity contribution >= 4 is 17.6 Å². The van der Waals surface area contributed by atoms with Crippen molar-refractivity contribution in [3.63, 3.8) is 0 Å². The molecular formula is C14H11ClFNO2. The standard InChI is InChI=1S/C14H11ClFNO2/c1-19-14(18)12-3-2-4-17-13(12)7-9-5-10(15)8-11(16)6-9/h2-6,8H,7H2,1H3. The van der Waals surface area contributed by atoms with Gasteiger partial charge in [0.15, 0.2) is 0 Å². The van der Waals surface area contributed by atoms with E-state index in [0.717, 1.165) is 0 Å². The number of carbonyl (C=O) groups excluding carboxylic acids is 1. The molecule has 0 spiro atoms. The summed E-state index contributed by atoms with van der Waals surface area (Å²) in [6.45, 7) is 0. The molecule has 0 radical (unpaired) electrons. The van der Waals surface area contributed by atoms with Gasteiger partial charge in [0, 0.05) is 17.6 Å². The summed E-state index contributed by atoms with van der Waals surface area (Å²) in [6.07, 6.45) is 1.88. The molecule has 2 rings (SSSR count). The van der Waals surface area contributed by atoms with E-state index >= 15 is 0 Å². The third-order valence-electron chi connectivity index (χ3n) is 2.59. The highest BCUT2D eigenvalue weighted by Crippen LogP contribution is 2.18. The van der Waals surface area contributed by atoms with Crippen LogP contribution in [-0.4, -0.2) is 18.1 Å². The topological polar surface area (TPSA) is 39.2 Å². The predicted octanol–water partition coefficient (Wildman–Crippen LogP) is 3.25. The van der Waals surface area contributed by atoms with Gasteiger partial charge in [0.05, 0.1) is 18.4 Å². The average molecular weight is 280 g/mol. The lowest BCUT2D eigenvalue weighted by molar-refractivity contribution is 0.0599. The van der Waals surface area contributed by atoms with Gasteiger partial charge in [-0.05, 0) is 35.9 Å². The van der Waals surface area contributed by atoms with E-state index in [0.29, 0.717) is 28.3 Å². The lowest BCUT2D eigenvalue weighted by atomic mass is 10.1. The summed E-state index contributed by atoms with van der Waals surface area (Å²) in [5.41, 5.74) is 1.54. The summed E-state index contributed by atoms with van der Waals surface area (Å²) in [5.74, 6) is -0.886. The lowest BCUT2D eigenvalue weighted by Gasteiger charge is -2.07. The van der Waals surface area contributed by atoms with Gasteiger partial charge in [-0.3, -0.25) is 4.98 Å². The highest BCUT2D eigenvalue weighted by molar-refractivity contribution is 6.30. The first-order chi connectivity index (χ1) is 9.10. The normalized spacial score (nSPS) is 10.3. The Balaban J connectivity index is 2.35. The summed E-state index contributed by atoms with van der Waals surface area (Å²) < 4.78 is 17.9. The average Bonchev–Trinajstić information content (AvgIpc) is 2.37. The number of aromatic nitrogens is 1. The van der Waals surface area contributed by atoms with Crippen LogP contribution < -0.4 is 0 Å². The van der Waals surface area contributed by atoms with Gasteiger partial charge in [-0.2, -0.15) is 0 Å². The van der Waals surface area contributed by atoms with Gasteiger partial charge in [0.1, 0.15) is 5.82 Å². The van der Waals surface area contributed by atoms with Crippen LogP contribution in [0.2, 0.25) is 5.02 Å². The quantitative estimate of drug-likeness (QED) is 0.810. The Kier molecular flexibility index (Phi) is 4.12. The molecule has 1 aromatic heterocycles. The van der Waals surface area contributed by atoms with Crippen LogP contribution >= 0.6 is 11.6 Å². The molecule has 2 aromatic rings. The molecule has 0 amide bonds. The second kappa shape index (κ2) is 5.80. The third kappa shape index (κ3) is 3.29. The Labute approximate surface area is 115 Å². The smallest absolute Gasteiger partial charge is 0.339 e. The molecule has 0 aliphatic carbocycles. The van der Waals surface area contributed by atoms with Crippen LogP contribution in [0.1, 0.15) is 21.6 Å². The fourth-order valence-corrected chi connectivity index (χ4v) is 2.03. The van der Waals surface area contributed by atoms with Crippen LogP contribution in [0, 0.1) is 5.82 Å². The largest absolute Gasteiger partial charge is 0.465 e. The molecule has 98 valence electrons. The molecule has 19 heavy (non-hydrogen) atoms. The molecule has 0 saturated heterocycles. The van der Waals surface area contributed by atoms with Crippen molar-refractivity contribution in [1.29, 1.82) is 0 Å². The summed E-state index contributed by atoms with van der Waals surface area (Å²) in [4.78, 5) is 15.7. The molecular weight excluding hydrogens is 269 g/mol. The Hall–Kier alpha value is -1.94. The summed E-state index contributed by atoms with van der Waals surface area (Å²) >= 11 is 5.79. The summed E-state index contributed by atoms with van der Waals surface area (Å²) in [6, 6.07) is 7.50. The molecule has 3 nitrogen and oxygen atoms in total. The minimum Gasteiger partial charge on any atom is -0.465 e. The number of esters is 1. The Morgan fingerprint density at radius 3 is 2.89 bits per heavy atom. The third-order valence-corrected chi connectivity index (χ3v) is 2.81. The first-order valence-electron chi connectivity index (χ1n) is 5.57. The van der Waals surface area contributed by atoms with E-state index in [1.54, 1.807) is 24.4 Å². The van der Waals surface area contributed by atoms with Gasteiger partial charge in [-0.15, -0.1) is 0 Å². The van der Waals surface area contributed by atoms with E-state index in [9.17, 15) is 9.18 Å². The molecule has 0 fully saturated rings. The molecule has 0 atom stereocenters. The molecule has 0 saturated carbocycles. The van der Waals surface area contributed by atoms with Crippen LogP contribution in [0.4, 0.5) is 4.39 Å². The molecule has 0 N–H and O–H groups in total. The summed E-state index contributed by atoms with van der Waals surface area (Å²) in [5, 5.41) is 0.311. The van der Waals surface area contributed by atoms with Gasteiger partial charge < -0.3 is 4.74 Å². The van der Waals surface area contributed by atoms with Crippen molar-refractivity contribution in [2.75, 3.05) is 7.11 Å². The first kappa shape index (κ1) is 13.5. The zero-order chi connectivity index (χ0) is 13.8. The number of halogens is 2. The second-order valence-corrected chi connectivity index (χ2v) is 4.38. The van der Waals surface area contributed by atoms with Gasteiger partial charge in [0.2, 0.25) is 0 Å². The van der Waals surface area contributed by atoms with Crippen molar-refractivity contribution in [1.82, 2.24) is 4.98 Å². The zero-order valence-corrected chi connectivity index (χ0v) is 10.9. The van der Waals surface area contributed by atoms with Crippen LogP contribution in [0.5, 0.6) is 0 Å². The number of hydrogen-bond donors (Lipinski definition) is 0. The molecule has 0 unspecified atom stereocenters. The van der Waals surface area contributed by atoms with Crippen molar-refractivity contribution in [3.05, 3.63) is 64.2 Å². The van der Waals surface area contributed by atoms with Crippen LogP contribution in [0.25, 0.3) is 0 Å². The van der Waals surface area contributed by atoms with Crippen molar-refractivity contribution < 1.29 is 13.9 Å². The second-order valence-electron chi connectivity index (χ2n) is 3.94. The number of carbonyl (C=O) groups is 1. The van der Waals surface area contributed by atoms with Gasteiger partial charge >= 0.3 is 5.97 Å². The van der Waals surface area contributed by atoms with E-state index in [1.807, 2.05) is 0 Å². The SMILES string of the molecule is COC(=O)c1cccnc1Cc1cc(F)cc(Cl)c1. The van der Waals surface area contributed by atoms with Crippen LogP contribution in [0.15, 0.2) is 36.5 Å². The van der Waals surface area contributed by atoms with Crippen molar-refractivity contribution in [2.45, 2.75) is 6.42 Å². The maximum atomic E-state index is 13.3. The number of pyridine rings is 1. The number of rotatable bonds is 3. The van der Waals surface area contributed by atoms with E-state index < -0.39 is 11.8 Å². The minimum atomic E-state index is -0.467. The Morgan fingerprint density at radius 1 is 1.42 bits per heavy atom. The molecule has 0 bridgehead atoms. The fourth-order valence-electron chi connectivity index (χ4n) is 1.78. The van der Waals surface area contributed by atoms with Gasteiger partial charge in [-0.1, -0.05) is 11.6 Å². The zero-order valence-electron chi connectivity index (χ0n) is 10.2. The number of hydrogen-bond acceptors (Lipinski definition) is 3. The number of ether oxygens (including phenoxy) is 1. The van der Waals surface area contributed by atoms with Crippen molar-refractivity contribution in [3.8, 4) is 0 Å². The number of methoxy groups -OCH3 is 1.